The van der Waals surface area contributed by atoms with Crippen molar-refractivity contribution < 1.29 is 13.9 Å². The van der Waals surface area contributed by atoms with Gasteiger partial charge in [-0.1, -0.05) is 0 Å². The van der Waals surface area contributed by atoms with Crippen molar-refractivity contribution in [3.8, 4) is 5.88 Å². The SMILES string of the molecule is COc1cc(CNC(=O)Nc2ccc(F)cc2C)ccn1. The van der Waals surface area contributed by atoms with Gasteiger partial charge in [0.25, 0.3) is 0 Å². The minimum absolute atomic E-state index is 0.331. The molecule has 0 atom stereocenters. The molecule has 5 nitrogen and oxygen atoms in total. The fourth-order valence-corrected chi connectivity index (χ4v) is 1.79. The van der Waals surface area contributed by atoms with Gasteiger partial charge in [0, 0.05) is 24.5 Å². The monoisotopic (exact) mass is 289 g/mol. The molecule has 2 amide bonds. The van der Waals surface area contributed by atoms with Crippen LogP contribution in [0.15, 0.2) is 36.5 Å². The molecule has 1 heterocycles. The maximum Gasteiger partial charge on any atom is 0.319 e. The molecule has 2 aromatic rings. The summed E-state index contributed by atoms with van der Waals surface area (Å²) in [6, 6.07) is 7.36. The highest BCUT2D eigenvalue weighted by Gasteiger charge is 2.05. The van der Waals surface area contributed by atoms with E-state index in [9.17, 15) is 9.18 Å². The van der Waals surface area contributed by atoms with Crippen molar-refractivity contribution in [2.45, 2.75) is 13.5 Å². The maximum absolute atomic E-state index is 13.0. The van der Waals surface area contributed by atoms with Gasteiger partial charge in [0.05, 0.1) is 7.11 Å². The number of carbonyl (C=O) groups excluding carboxylic acids is 1. The van der Waals surface area contributed by atoms with Gasteiger partial charge in [0.2, 0.25) is 5.88 Å². The molecule has 2 rings (SSSR count). The summed E-state index contributed by atoms with van der Waals surface area (Å²) in [5.74, 6) is 0.159. The zero-order valence-corrected chi connectivity index (χ0v) is 11.8. The van der Waals surface area contributed by atoms with Crippen LogP contribution in [0.1, 0.15) is 11.1 Å². The third kappa shape index (κ3) is 4.17. The Morgan fingerprint density at radius 3 is 2.86 bits per heavy atom. The first kappa shape index (κ1) is 14.8. The molecule has 0 aliphatic carbocycles. The number of aryl methyl sites for hydroxylation is 1. The number of aromatic nitrogens is 1. The number of pyridine rings is 1. The van der Waals surface area contributed by atoms with Crippen LogP contribution in [0, 0.1) is 12.7 Å². The number of benzene rings is 1. The van der Waals surface area contributed by atoms with E-state index in [1.165, 1.54) is 25.3 Å². The molecule has 0 spiro atoms. The van der Waals surface area contributed by atoms with Crippen molar-refractivity contribution in [1.82, 2.24) is 10.3 Å². The van der Waals surface area contributed by atoms with E-state index in [-0.39, 0.29) is 11.8 Å². The Morgan fingerprint density at radius 1 is 1.33 bits per heavy atom. The highest BCUT2D eigenvalue weighted by atomic mass is 19.1. The van der Waals surface area contributed by atoms with E-state index in [0.717, 1.165) is 5.56 Å². The quantitative estimate of drug-likeness (QED) is 0.909. The number of methoxy groups -OCH3 is 1. The molecule has 110 valence electrons. The Bertz CT molecular complexity index is 647. The summed E-state index contributed by atoms with van der Waals surface area (Å²) < 4.78 is 18.0. The lowest BCUT2D eigenvalue weighted by atomic mass is 10.2. The van der Waals surface area contributed by atoms with Crippen LogP contribution in [-0.2, 0) is 6.54 Å². The summed E-state index contributed by atoms with van der Waals surface area (Å²) in [6.07, 6.45) is 1.61. The molecule has 0 saturated heterocycles. The van der Waals surface area contributed by atoms with Gasteiger partial charge in [-0.05, 0) is 42.3 Å². The largest absolute Gasteiger partial charge is 0.481 e. The third-order valence-corrected chi connectivity index (χ3v) is 2.90. The van der Waals surface area contributed by atoms with Crippen molar-refractivity contribution in [1.29, 1.82) is 0 Å². The molecule has 1 aromatic carbocycles. The molecule has 21 heavy (non-hydrogen) atoms. The number of nitrogens with one attached hydrogen (secondary N) is 2. The first-order chi connectivity index (χ1) is 10.1. The molecule has 0 unspecified atom stereocenters. The summed E-state index contributed by atoms with van der Waals surface area (Å²) in [5, 5.41) is 5.39. The van der Waals surface area contributed by atoms with Gasteiger partial charge in [0.15, 0.2) is 0 Å². The Labute approximate surface area is 122 Å². The molecule has 6 heteroatoms. The second kappa shape index (κ2) is 6.69. The van der Waals surface area contributed by atoms with Crippen LogP contribution in [0.3, 0.4) is 0 Å². The van der Waals surface area contributed by atoms with E-state index in [2.05, 4.69) is 15.6 Å². The molecule has 0 radical (unpaired) electrons. The minimum atomic E-state index is -0.361. The number of nitrogens with zero attached hydrogens (tertiary/aromatic N) is 1. The predicted molar refractivity (Wildman–Crippen MR) is 77.8 cm³/mol. The standard InChI is InChI=1S/C15H16FN3O2/c1-10-7-12(16)3-4-13(10)19-15(20)18-9-11-5-6-17-14(8-11)21-2/h3-8H,9H2,1-2H3,(H2,18,19,20). The van der Waals surface area contributed by atoms with Crippen molar-refractivity contribution >= 4 is 11.7 Å². The molecule has 2 N–H and O–H groups in total. The lowest BCUT2D eigenvalue weighted by Crippen LogP contribution is -2.28. The molecule has 0 fully saturated rings. The van der Waals surface area contributed by atoms with Crippen molar-refractivity contribution in [2.75, 3.05) is 12.4 Å². The summed E-state index contributed by atoms with van der Waals surface area (Å²) in [4.78, 5) is 15.8. The van der Waals surface area contributed by atoms with E-state index in [4.69, 9.17) is 4.74 Å². The average molecular weight is 289 g/mol. The summed E-state index contributed by atoms with van der Waals surface area (Å²) >= 11 is 0. The highest BCUT2D eigenvalue weighted by Crippen LogP contribution is 2.15. The number of urea groups is 1. The first-order valence-electron chi connectivity index (χ1n) is 6.38. The van der Waals surface area contributed by atoms with Crippen LogP contribution in [-0.4, -0.2) is 18.1 Å². The number of anilines is 1. The summed E-state index contributed by atoms with van der Waals surface area (Å²) in [6.45, 7) is 2.07. The van der Waals surface area contributed by atoms with Crippen LogP contribution in [0.5, 0.6) is 5.88 Å². The van der Waals surface area contributed by atoms with E-state index >= 15 is 0 Å². The van der Waals surface area contributed by atoms with Gasteiger partial charge < -0.3 is 15.4 Å². The Hall–Kier alpha value is -2.63. The lowest BCUT2D eigenvalue weighted by Gasteiger charge is -2.10. The minimum Gasteiger partial charge on any atom is -0.481 e. The Morgan fingerprint density at radius 2 is 2.14 bits per heavy atom. The van der Waals surface area contributed by atoms with Gasteiger partial charge in [-0.3, -0.25) is 0 Å². The lowest BCUT2D eigenvalue weighted by molar-refractivity contribution is 0.251. The highest BCUT2D eigenvalue weighted by molar-refractivity contribution is 5.89. The second-order valence-corrected chi connectivity index (χ2v) is 4.47. The van der Waals surface area contributed by atoms with E-state index < -0.39 is 0 Å². The molecule has 0 aliphatic rings. The molecule has 0 bridgehead atoms. The van der Waals surface area contributed by atoms with Crippen LogP contribution in [0.2, 0.25) is 0 Å². The van der Waals surface area contributed by atoms with Gasteiger partial charge in [-0.2, -0.15) is 0 Å². The third-order valence-electron chi connectivity index (χ3n) is 2.90. The van der Waals surface area contributed by atoms with Gasteiger partial charge in [-0.25, -0.2) is 14.2 Å². The summed E-state index contributed by atoms with van der Waals surface area (Å²) in [7, 11) is 1.53. The Balaban J connectivity index is 1.92. The van der Waals surface area contributed by atoms with Crippen molar-refractivity contribution in [3.63, 3.8) is 0 Å². The van der Waals surface area contributed by atoms with E-state index in [0.29, 0.717) is 23.7 Å². The molecular weight excluding hydrogens is 273 g/mol. The normalized spacial score (nSPS) is 10.0. The zero-order valence-electron chi connectivity index (χ0n) is 11.8. The van der Waals surface area contributed by atoms with Crippen LogP contribution < -0.4 is 15.4 Å². The average Bonchev–Trinajstić information content (AvgIpc) is 2.48. The predicted octanol–water partition coefficient (Wildman–Crippen LogP) is 2.86. The smallest absolute Gasteiger partial charge is 0.319 e. The van der Waals surface area contributed by atoms with E-state index in [1.807, 2.05) is 0 Å². The Kier molecular flexibility index (Phi) is 4.71. The van der Waals surface area contributed by atoms with Crippen LogP contribution >= 0.6 is 0 Å². The number of amides is 2. The first-order valence-corrected chi connectivity index (χ1v) is 6.38. The van der Waals surface area contributed by atoms with E-state index in [1.54, 1.807) is 25.3 Å². The molecular formula is C15H16FN3O2. The van der Waals surface area contributed by atoms with Gasteiger partial charge >= 0.3 is 6.03 Å². The maximum atomic E-state index is 13.0. The number of hydrogen-bond donors (Lipinski definition) is 2. The zero-order chi connectivity index (χ0) is 15.2. The topological polar surface area (TPSA) is 63.2 Å². The van der Waals surface area contributed by atoms with Crippen molar-refractivity contribution in [2.24, 2.45) is 0 Å². The molecule has 1 aromatic heterocycles. The van der Waals surface area contributed by atoms with Crippen LogP contribution in [0.4, 0.5) is 14.9 Å². The fourth-order valence-electron chi connectivity index (χ4n) is 1.79. The molecule has 0 aliphatic heterocycles. The summed E-state index contributed by atoms with van der Waals surface area (Å²) in [5.41, 5.74) is 2.10. The second-order valence-electron chi connectivity index (χ2n) is 4.47. The fraction of sp³-hybridized carbons (Fsp3) is 0.200. The molecule has 0 saturated carbocycles. The number of carbonyl (C=O) groups is 1. The number of halogens is 1. The number of ether oxygens (including phenoxy) is 1. The van der Waals surface area contributed by atoms with Crippen LogP contribution in [0.25, 0.3) is 0 Å². The van der Waals surface area contributed by atoms with Gasteiger partial charge in [-0.15, -0.1) is 0 Å². The number of hydrogen-bond acceptors (Lipinski definition) is 3. The number of rotatable bonds is 4. The van der Waals surface area contributed by atoms with Gasteiger partial charge in [0.1, 0.15) is 5.82 Å². The van der Waals surface area contributed by atoms with Crippen molar-refractivity contribution in [3.05, 3.63) is 53.5 Å².